The fourth-order valence-corrected chi connectivity index (χ4v) is 4.94. The molecule has 3 aromatic rings. The number of anilines is 1. The number of nitrogens with zero attached hydrogens (tertiary/aromatic N) is 2. The highest BCUT2D eigenvalue weighted by Gasteiger charge is 2.36. The van der Waals surface area contributed by atoms with E-state index in [4.69, 9.17) is 25.8 Å². The maximum absolute atomic E-state index is 13.0. The smallest absolute Gasteiger partial charge is 0.339 e. The fourth-order valence-electron chi connectivity index (χ4n) is 3.90. The van der Waals surface area contributed by atoms with Gasteiger partial charge in [-0.15, -0.1) is 0 Å². The van der Waals surface area contributed by atoms with Gasteiger partial charge in [0.1, 0.15) is 13.2 Å². The van der Waals surface area contributed by atoms with Crippen LogP contribution < -0.4 is 14.8 Å². The molecule has 0 saturated carbocycles. The lowest BCUT2D eigenvalue weighted by atomic mass is 10.1. The molecule has 4 rings (SSSR count). The second-order valence-electron chi connectivity index (χ2n) is 8.70. The number of imide groups is 1. The van der Waals surface area contributed by atoms with Gasteiger partial charge >= 0.3 is 5.97 Å². The monoisotopic (exact) mass is 605 g/mol. The summed E-state index contributed by atoms with van der Waals surface area (Å²) in [4.78, 5) is 51.3. The van der Waals surface area contributed by atoms with Crippen LogP contribution in [0.1, 0.15) is 34.0 Å². The number of methoxy groups -OCH3 is 1. The Hall–Kier alpha value is -4.79. The first kappa shape index (κ1) is 30.2. The van der Waals surface area contributed by atoms with Crippen molar-refractivity contribution in [3.05, 3.63) is 92.8 Å². The van der Waals surface area contributed by atoms with Gasteiger partial charge in [0.25, 0.3) is 11.1 Å². The summed E-state index contributed by atoms with van der Waals surface area (Å²) in [6.07, 6.45) is 1.52. The second-order valence-corrected chi connectivity index (χ2v) is 10.1. The molecule has 1 aliphatic heterocycles. The Kier molecular flexibility index (Phi) is 9.85. The molecule has 0 bridgehead atoms. The molecule has 10 nitrogen and oxygen atoms in total. The van der Waals surface area contributed by atoms with Crippen LogP contribution in [0.5, 0.6) is 11.5 Å². The Balaban J connectivity index is 1.42. The van der Waals surface area contributed by atoms with Crippen LogP contribution in [-0.4, -0.2) is 48.2 Å². The number of ether oxygens (including phenoxy) is 3. The van der Waals surface area contributed by atoms with Crippen molar-refractivity contribution in [3.63, 3.8) is 0 Å². The normalized spacial score (nSPS) is 13.6. The molecule has 12 heteroatoms. The van der Waals surface area contributed by atoms with E-state index in [1.165, 1.54) is 31.4 Å². The van der Waals surface area contributed by atoms with Crippen molar-refractivity contribution in [2.45, 2.75) is 13.5 Å². The Morgan fingerprint density at radius 3 is 2.62 bits per heavy atom. The first-order valence-corrected chi connectivity index (χ1v) is 13.7. The molecule has 0 radical (unpaired) electrons. The minimum Gasteiger partial charge on any atom is -0.493 e. The van der Waals surface area contributed by atoms with E-state index >= 15 is 0 Å². The number of benzene rings is 3. The molecule has 1 N–H and O–H groups in total. The van der Waals surface area contributed by atoms with Gasteiger partial charge in [0.2, 0.25) is 5.91 Å². The van der Waals surface area contributed by atoms with Crippen LogP contribution in [0.2, 0.25) is 5.02 Å². The fraction of sp³-hybridized carbons (Fsp3) is 0.167. The molecule has 1 heterocycles. The standard InChI is InChI=1S/C30H24ClN3O7S/c1-3-40-29(37)22-14-21(9-10-23(22)31)33-27(35)16-34-28(36)26(42-30(34)38)13-18-8-11-24(25(12-18)39-2)41-17-20-7-5-4-6-19(20)15-32/h4-14H,3,16-17H2,1-2H3,(H,33,35)/b26-13-. The summed E-state index contributed by atoms with van der Waals surface area (Å²) < 4.78 is 16.3. The molecular formula is C30H24ClN3O7S. The van der Waals surface area contributed by atoms with Crippen molar-refractivity contribution in [1.82, 2.24) is 4.90 Å². The molecule has 3 aromatic carbocycles. The summed E-state index contributed by atoms with van der Waals surface area (Å²) in [5.74, 6) is -1.09. The van der Waals surface area contributed by atoms with Crippen LogP contribution in [0.15, 0.2) is 65.6 Å². The number of hydrogen-bond donors (Lipinski definition) is 1. The number of rotatable bonds is 10. The van der Waals surface area contributed by atoms with E-state index in [0.29, 0.717) is 34.4 Å². The molecular weight excluding hydrogens is 582 g/mol. The average molecular weight is 606 g/mol. The van der Waals surface area contributed by atoms with Gasteiger partial charge in [-0.25, -0.2) is 4.79 Å². The summed E-state index contributed by atoms with van der Waals surface area (Å²) in [5, 5.41) is 11.4. The molecule has 0 spiro atoms. The van der Waals surface area contributed by atoms with Gasteiger partial charge in [-0.2, -0.15) is 5.26 Å². The van der Waals surface area contributed by atoms with Crippen molar-refractivity contribution in [1.29, 1.82) is 5.26 Å². The molecule has 214 valence electrons. The SMILES string of the molecule is CCOC(=O)c1cc(NC(=O)CN2C(=O)S/C(=C\c3ccc(OCc4ccccc4C#N)c(OC)c3)C2=O)ccc1Cl. The molecule has 0 aliphatic carbocycles. The Morgan fingerprint density at radius 1 is 1.10 bits per heavy atom. The highest BCUT2D eigenvalue weighted by molar-refractivity contribution is 8.18. The minimum absolute atomic E-state index is 0.0734. The average Bonchev–Trinajstić information content (AvgIpc) is 3.24. The summed E-state index contributed by atoms with van der Waals surface area (Å²) in [7, 11) is 1.47. The Morgan fingerprint density at radius 2 is 1.88 bits per heavy atom. The lowest BCUT2D eigenvalue weighted by Gasteiger charge is -2.13. The van der Waals surface area contributed by atoms with E-state index in [-0.39, 0.29) is 34.4 Å². The van der Waals surface area contributed by atoms with Crippen LogP contribution in [0.25, 0.3) is 6.08 Å². The van der Waals surface area contributed by atoms with Crippen LogP contribution in [0, 0.1) is 11.3 Å². The minimum atomic E-state index is -0.643. The van der Waals surface area contributed by atoms with Gasteiger partial charge < -0.3 is 19.5 Å². The van der Waals surface area contributed by atoms with Gasteiger partial charge in [-0.1, -0.05) is 35.9 Å². The quantitative estimate of drug-likeness (QED) is 0.230. The van der Waals surface area contributed by atoms with Crippen LogP contribution in [-0.2, 0) is 20.9 Å². The largest absolute Gasteiger partial charge is 0.493 e. The number of amides is 3. The third-order valence-corrected chi connectivity index (χ3v) is 7.16. The lowest BCUT2D eigenvalue weighted by molar-refractivity contribution is -0.127. The highest BCUT2D eigenvalue weighted by atomic mass is 35.5. The lowest BCUT2D eigenvalue weighted by Crippen LogP contribution is -2.36. The predicted molar refractivity (Wildman–Crippen MR) is 157 cm³/mol. The van der Waals surface area contributed by atoms with E-state index < -0.39 is 29.6 Å². The Labute approximate surface area is 250 Å². The third kappa shape index (κ3) is 7.09. The summed E-state index contributed by atoms with van der Waals surface area (Å²) >= 11 is 6.76. The Bertz CT molecular complexity index is 1630. The molecule has 1 fully saturated rings. The van der Waals surface area contributed by atoms with Crippen molar-refractivity contribution < 1.29 is 33.4 Å². The van der Waals surface area contributed by atoms with Gasteiger partial charge in [0.15, 0.2) is 11.5 Å². The molecule has 42 heavy (non-hydrogen) atoms. The molecule has 0 aromatic heterocycles. The molecule has 3 amide bonds. The summed E-state index contributed by atoms with van der Waals surface area (Å²) in [5.41, 5.74) is 2.12. The zero-order valence-corrected chi connectivity index (χ0v) is 24.1. The summed E-state index contributed by atoms with van der Waals surface area (Å²) in [6, 6.07) is 18.5. The third-order valence-electron chi connectivity index (χ3n) is 5.93. The number of esters is 1. The van der Waals surface area contributed by atoms with Crippen LogP contribution in [0.4, 0.5) is 10.5 Å². The van der Waals surface area contributed by atoms with Crippen LogP contribution in [0.3, 0.4) is 0 Å². The number of halogens is 1. The first-order chi connectivity index (χ1) is 20.2. The number of carbonyl (C=O) groups is 4. The van der Waals surface area contributed by atoms with Gasteiger partial charge in [-0.05, 0) is 66.7 Å². The predicted octanol–water partition coefficient (Wildman–Crippen LogP) is 5.65. The highest BCUT2D eigenvalue weighted by Crippen LogP contribution is 2.35. The van der Waals surface area contributed by atoms with Crippen LogP contribution >= 0.6 is 23.4 Å². The van der Waals surface area contributed by atoms with Crippen molar-refractivity contribution in [3.8, 4) is 17.6 Å². The zero-order chi connectivity index (χ0) is 30.2. The first-order valence-electron chi connectivity index (χ1n) is 12.5. The molecule has 1 saturated heterocycles. The topological polar surface area (TPSA) is 135 Å². The van der Waals surface area contributed by atoms with Crippen molar-refractivity contribution >= 4 is 58.1 Å². The van der Waals surface area contributed by atoms with Crippen molar-refractivity contribution in [2.75, 3.05) is 25.6 Å². The number of carbonyl (C=O) groups excluding carboxylic acids is 4. The van der Waals surface area contributed by atoms with Gasteiger partial charge in [0, 0.05) is 11.3 Å². The maximum Gasteiger partial charge on any atom is 0.339 e. The van der Waals surface area contributed by atoms with E-state index in [1.54, 1.807) is 43.3 Å². The van der Waals surface area contributed by atoms with Gasteiger partial charge in [0.05, 0.1) is 40.8 Å². The second kappa shape index (κ2) is 13.7. The summed E-state index contributed by atoms with van der Waals surface area (Å²) in [6.45, 7) is 1.43. The number of thioether (sulfide) groups is 1. The molecule has 1 aliphatic rings. The van der Waals surface area contributed by atoms with Gasteiger partial charge in [-0.3, -0.25) is 19.3 Å². The van der Waals surface area contributed by atoms with E-state index in [0.717, 1.165) is 10.5 Å². The molecule has 0 unspecified atom stereocenters. The maximum atomic E-state index is 13.0. The number of hydrogen-bond acceptors (Lipinski definition) is 9. The van der Waals surface area contributed by atoms with Crippen molar-refractivity contribution in [2.24, 2.45) is 0 Å². The van der Waals surface area contributed by atoms with E-state index in [1.807, 2.05) is 6.07 Å². The number of nitrogens with one attached hydrogen (secondary N) is 1. The number of nitriles is 1. The van der Waals surface area contributed by atoms with E-state index in [9.17, 15) is 24.4 Å². The van der Waals surface area contributed by atoms with E-state index in [2.05, 4.69) is 11.4 Å². The molecule has 0 atom stereocenters. The zero-order valence-electron chi connectivity index (χ0n) is 22.5.